The fourth-order valence-corrected chi connectivity index (χ4v) is 5.29. The van der Waals surface area contributed by atoms with Gasteiger partial charge < -0.3 is 5.32 Å². The van der Waals surface area contributed by atoms with Gasteiger partial charge in [-0.2, -0.15) is 0 Å². The number of nitrogens with one attached hydrogen (secondary N) is 1. The van der Waals surface area contributed by atoms with Crippen molar-refractivity contribution in [3.05, 3.63) is 58.3 Å². The molecule has 1 aliphatic heterocycles. The molecule has 136 valence electrons. The molecule has 2 aromatic rings. The minimum atomic E-state index is -0.203. The molecule has 2 aliphatic carbocycles. The van der Waals surface area contributed by atoms with Crippen LogP contribution in [0.3, 0.4) is 0 Å². The van der Waals surface area contributed by atoms with Crippen LogP contribution >= 0.6 is 11.3 Å². The number of hydrogen-bond donors (Lipinski definition) is 1. The molecule has 3 amide bonds. The van der Waals surface area contributed by atoms with Crippen molar-refractivity contribution in [2.75, 3.05) is 10.2 Å². The fraction of sp³-hybridized carbons (Fsp3) is 0.286. The highest BCUT2D eigenvalue weighted by Crippen LogP contribution is 2.53. The third-order valence-corrected chi connectivity index (χ3v) is 6.80. The van der Waals surface area contributed by atoms with Gasteiger partial charge in [-0.15, -0.1) is 11.3 Å². The number of anilines is 2. The summed E-state index contributed by atoms with van der Waals surface area (Å²) in [6.45, 7) is 1.87. The van der Waals surface area contributed by atoms with Gasteiger partial charge in [-0.25, -0.2) is 0 Å². The van der Waals surface area contributed by atoms with Gasteiger partial charge in [0.1, 0.15) is 0 Å². The largest absolute Gasteiger partial charge is 0.321 e. The molecule has 1 saturated carbocycles. The van der Waals surface area contributed by atoms with Crippen LogP contribution in [0, 0.1) is 30.6 Å². The average Bonchev–Trinajstić information content (AvgIpc) is 3.42. The summed E-state index contributed by atoms with van der Waals surface area (Å²) in [6.07, 6.45) is 5.11. The van der Waals surface area contributed by atoms with Gasteiger partial charge in [0.05, 0.1) is 22.4 Å². The maximum Gasteiger partial charge on any atom is 0.265 e. The van der Waals surface area contributed by atoms with Gasteiger partial charge in [0.25, 0.3) is 5.91 Å². The lowest BCUT2D eigenvalue weighted by molar-refractivity contribution is -0.123. The van der Waals surface area contributed by atoms with Crippen molar-refractivity contribution in [1.82, 2.24) is 0 Å². The van der Waals surface area contributed by atoms with E-state index >= 15 is 0 Å². The number of allylic oxidation sites excluding steroid dienone is 2. The Bertz CT molecular complexity index is 965. The smallest absolute Gasteiger partial charge is 0.265 e. The Morgan fingerprint density at radius 3 is 2.41 bits per heavy atom. The summed E-state index contributed by atoms with van der Waals surface area (Å²) in [5.74, 6) is -0.338. The second-order valence-corrected chi connectivity index (χ2v) is 8.39. The van der Waals surface area contributed by atoms with E-state index in [1.807, 2.05) is 18.4 Å². The van der Waals surface area contributed by atoms with Crippen LogP contribution in [-0.4, -0.2) is 17.7 Å². The van der Waals surface area contributed by atoms with E-state index in [4.69, 9.17) is 0 Å². The normalized spacial score (nSPS) is 28.1. The lowest BCUT2D eigenvalue weighted by Gasteiger charge is -2.19. The number of imide groups is 1. The summed E-state index contributed by atoms with van der Waals surface area (Å²) in [6, 6.07) is 8.91. The van der Waals surface area contributed by atoms with Crippen molar-refractivity contribution in [3.63, 3.8) is 0 Å². The molecule has 5 rings (SSSR count). The molecule has 0 unspecified atom stereocenters. The Morgan fingerprint density at radius 2 is 1.81 bits per heavy atom. The first-order chi connectivity index (χ1) is 13.0. The van der Waals surface area contributed by atoms with Crippen LogP contribution in [0.1, 0.15) is 21.7 Å². The Labute approximate surface area is 160 Å². The highest BCUT2D eigenvalue weighted by molar-refractivity contribution is 7.12. The zero-order valence-corrected chi connectivity index (χ0v) is 15.5. The van der Waals surface area contributed by atoms with Crippen LogP contribution in [0.15, 0.2) is 47.9 Å². The predicted molar refractivity (Wildman–Crippen MR) is 104 cm³/mol. The molecule has 4 atom stereocenters. The number of fused-ring (bicyclic) bond motifs is 5. The van der Waals surface area contributed by atoms with E-state index in [0.717, 1.165) is 12.0 Å². The first kappa shape index (κ1) is 16.4. The zero-order chi connectivity index (χ0) is 18.7. The monoisotopic (exact) mass is 378 g/mol. The molecule has 0 radical (unpaired) electrons. The van der Waals surface area contributed by atoms with Crippen LogP contribution in [0.2, 0.25) is 0 Å². The fourth-order valence-electron chi connectivity index (χ4n) is 4.68. The highest BCUT2D eigenvalue weighted by atomic mass is 32.1. The molecule has 1 saturated heterocycles. The number of carbonyl (C=O) groups is 3. The van der Waals surface area contributed by atoms with E-state index in [-0.39, 0.29) is 41.4 Å². The van der Waals surface area contributed by atoms with E-state index < -0.39 is 0 Å². The van der Waals surface area contributed by atoms with Crippen LogP contribution in [-0.2, 0) is 9.59 Å². The summed E-state index contributed by atoms with van der Waals surface area (Å²) in [4.78, 5) is 40.1. The SMILES string of the molecule is Cc1cc(N2C(=O)[C@@H]3[C@H](C2=O)[C@H]2C=C[C@@H]3C2)ccc1NC(=O)c1cccs1. The number of carbonyl (C=O) groups excluding carboxylic acids is 3. The number of hydrogen-bond acceptors (Lipinski definition) is 4. The third kappa shape index (κ3) is 2.40. The molecular weight excluding hydrogens is 360 g/mol. The molecule has 1 aromatic carbocycles. The Kier molecular flexibility index (Phi) is 3.59. The molecule has 27 heavy (non-hydrogen) atoms. The summed E-state index contributed by atoms with van der Waals surface area (Å²) in [7, 11) is 0. The molecule has 1 N–H and O–H groups in total. The lowest BCUT2D eigenvalue weighted by atomic mass is 9.85. The lowest BCUT2D eigenvalue weighted by Crippen LogP contribution is -2.32. The van der Waals surface area contributed by atoms with Crippen LogP contribution in [0.4, 0.5) is 11.4 Å². The maximum atomic E-state index is 12.9. The number of benzene rings is 1. The van der Waals surface area contributed by atoms with Gasteiger partial charge >= 0.3 is 0 Å². The maximum absolute atomic E-state index is 12.9. The van der Waals surface area contributed by atoms with Crippen LogP contribution in [0.25, 0.3) is 0 Å². The first-order valence-electron chi connectivity index (χ1n) is 9.06. The summed E-state index contributed by atoms with van der Waals surface area (Å²) >= 11 is 1.38. The van der Waals surface area contributed by atoms with Gasteiger partial charge in [-0.3, -0.25) is 19.3 Å². The number of amides is 3. The van der Waals surface area contributed by atoms with E-state index in [2.05, 4.69) is 17.5 Å². The number of rotatable bonds is 3. The van der Waals surface area contributed by atoms with Gasteiger partial charge in [0, 0.05) is 5.69 Å². The molecule has 0 spiro atoms. The molecule has 5 nitrogen and oxygen atoms in total. The number of thiophene rings is 1. The molecule has 6 heteroatoms. The Hall–Kier alpha value is -2.73. The molecule has 2 bridgehead atoms. The minimum Gasteiger partial charge on any atom is -0.321 e. The molecule has 3 aliphatic rings. The average molecular weight is 378 g/mol. The minimum absolute atomic E-state index is 0.0865. The van der Waals surface area contributed by atoms with E-state index in [1.165, 1.54) is 16.2 Å². The van der Waals surface area contributed by atoms with Crippen molar-refractivity contribution in [1.29, 1.82) is 0 Å². The second-order valence-electron chi connectivity index (χ2n) is 7.44. The third-order valence-electron chi connectivity index (χ3n) is 5.93. The summed E-state index contributed by atoms with van der Waals surface area (Å²) in [5.41, 5.74) is 2.08. The van der Waals surface area contributed by atoms with Crippen molar-refractivity contribution in [2.45, 2.75) is 13.3 Å². The standard InChI is InChI=1S/C21H18N2O3S/c1-11-9-14(6-7-15(11)22-19(24)16-3-2-8-27-16)23-20(25)17-12-4-5-13(10-12)18(17)21(23)26/h2-9,12-13,17-18H,10H2,1H3,(H,22,24)/t12-,13+,17+,18-. The summed E-state index contributed by atoms with van der Waals surface area (Å²) < 4.78 is 0. The molecule has 1 aromatic heterocycles. The van der Waals surface area contributed by atoms with Crippen molar-refractivity contribution in [2.24, 2.45) is 23.7 Å². The Morgan fingerprint density at radius 1 is 1.11 bits per heavy atom. The quantitative estimate of drug-likeness (QED) is 0.655. The second kappa shape index (κ2) is 5.89. The van der Waals surface area contributed by atoms with Crippen molar-refractivity contribution in [3.8, 4) is 0 Å². The molecule has 2 heterocycles. The van der Waals surface area contributed by atoms with Gasteiger partial charge in [-0.05, 0) is 60.4 Å². The van der Waals surface area contributed by atoms with E-state index in [9.17, 15) is 14.4 Å². The predicted octanol–water partition coefficient (Wildman–Crippen LogP) is 3.62. The van der Waals surface area contributed by atoms with Gasteiger partial charge in [0.2, 0.25) is 11.8 Å². The number of aryl methyl sites for hydroxylation is 1. The van der Waals surface area contributed by atoms with Crippen molar-refractivity contribution < 1.29 is 14.4 Å². The highest BCUT2D eigenvalue weighted by Gasteiger charge is 2.59. The molecular formula is C21H18N2O3S. The van der Waals surface area contributed by atoms with E-state index in [1.54, 1.807) is 24.3 Å². The molecule has 2 fully saturated rings. The van der Waals surface area contributed by atoms with Crippen LogP contribution < -0.4 is 10.2 Å². The van der Waals surface area contributed by atoms with Gasteiger partial charge in [-0.1, -0.05) is 18.2 Å². The van der Waals surface area contributed by atoms with E-state index in [0.29, 0.717) is 16.3 Å². The topological polar surface area (TPSA) is 66.5 Å². The summed E-state index contributed by atoms with van der Waals surface area (Å²) in [5, 5.41) is 4.75. The first-order valence-corrected chi connectivity index (χ1v) is 9.94. The van der Waals surface area contributed by atoms with Crippen LogP contribution in [0.5, 0.6) is 0 Å². The zero-order valence-electron chi connectivity index (χ0n) is 14.7. The Balaban J connectivity index is 1.40. The van der Waals surface area contributed by atoms with Crippen molar-refractivity contribution >= 4 is 40.4 Å². The van der Waals surface area contributed by atoms with Gasteiger partial charge in [0.15, 0.2) is 0 Å². The number of nitrogens with zero attached hydrogens (tertiary/aromatic N) is 1.